The van der Waals surface area contributed by atoms with Crippen LogP contribution in [0.4, 0.5) is 0 Å². The van der Waals surface area contributed by atoms with Gasteiger partial charge in [0.1, 0.15) is 0 Å². The third-order valence-electron chi connectivity index (χ3n) is 3.17. The Morgan fingerprint density at radius 3 is 2.79 bits per heavy atom. The number of hydrogen-bond donors (Lipinski definition) is 0. The number of amides is 1. The Morgan fingerprint density at radius 2 is 2.16 bits per heavy atom. The van der Waals surface area contributed by atoms with E-state index in [4.69, 9.17) is 4.52 Å². The predicted molar refractivity (Wildman–Crippen MR) is 71.8 cm³/mol. The van der Waals surface area contributed by atoms with E-state index in [0.29, 0.717) is 30.4 Å². The number of rotatable bonds is 2. The molecule has 19 heavy (non-hydrogen) atoms. The molecule has 0 spiro atoms. The molecule has 2 aromatic rings. The summed E-state index contributed by atoms with van der Waals surface area (Å²) in [7, 11) is 0. The van der Waals surface area contributed by atoms with Crippen LogP contribution in [-0.2, 0) is 0 Å². The quantitative estimate of drug-likeness (QED) is 0.852. The van der Waals surface area contributed by atoms with Crippen molar-refractivity contribution in [2.75, 3.05) is 13.1 Å². The SMILES string of the molecule is Cc1noc(C2CN(C(=O)c3ccccc3Br)C2)n1. The van der Waals surface area contributed by atoms with Gasteiger partial charge in [-0.1, -0.05) is 17.3 Å². The van der Waals surface area contributed by atoms with Crippen LogP contribution < -0.4 is 0 Å². The van der Waals surface area contributed by atoms with Gasteiger partial charge in [-0.2, -0.15) is 4.98 Å². The number of likely N-dealkylation sites (tertiary alicyclic amines) is 1. The first-order valence-corrected chi connectivity index (χ1v) is 6.78. The van der Waals surface area contributed by atoms with E-state index < -0.39 is 0 Å². The van der Waals surface area contributed by atoms with Crippen LogP contribution in [0.25, 0.3) is 0 Å². The van der Waals surface area contributed by atoms with Gasteiger partial charge in [0.25, 0.3) is 5.91 Å². The number of carbonyl (C=O) groups excluding carboxylic acids is 1. The van der Waals surface area contributed by atoms with E-state index in [1.165, 1.54) is 0 Å². The molecule has 1 aliphatic heterocycles. The Bertz CT molecular complexity index is 620. The fourth-order valence-electron chi connectivity index (χ4n) is 2.08. The molecule has 1 aromatic carbocycles. The minimum atomic E-state index is 0.0277. The monoisotopic (exact) mass is 321 g/mol. The molecule has 3 rings (SSSR count). The normalized spacial score (nSPS) is 15.4. The number of carbonyl (C=O) groups is 1. The Balaban J connectivity index is 1.68. The predicted octanol–water partition coefficient (Wildman–Crippen LogP) is 2.38. The second-order valence-corrected chi connectivity index (χ2v) is 5.42. The lowest BCUT2D eigenvalue weighted by Crippen LogP contribution is -2.48. The molecule has 1 saturated heterocycles. The van der Waals surface area contributed by atoms with E-state index in [1.807, 2.05) is 24.3 Å². The van der Waals surface area contributed by atoms with Gasteiger partial charge in [-0.05, 0) is 35.0 Å². The van der Waals surface area contributed by atoms with Crippen molar-refractivity contribution in [3.63, 3.8) is 0 Å². The standard InChI is InChI=1S/C13H12BrN3O2/c1-8-15-12(19-16-8)9-6-17(7-9)13(18)10-4-2-3-5-11(10)14/h2-5,9H,6-7H2,1H3. The van der Waals surface area contributed by atoms with Crippen molar-refractivity contribution in [1.29, 1.82) is 0 Å². The topological polar surface area (TPSA) is 59.2 Å². The number of halogens is 1. The van der Waals surface area contributed by atoms with Crippen molar-refractivity contribution in [3.8, 4) is 0 Å². The highest BCUT2D eigenvalue weighted by Crippen LogP contribution is 2.28. The van der Waals surface area contributed by atoms with Crippen molar-refractivity contribution < 1.29 is 9.32 Å². The minimum absolute atomic E-state index is 0.0277. The summed E-state index contributed by atoms with van der Waals surface area (Å²) in [6, 6.07) is 7.43. The lowest BCUT2D eigenvalue weighted by molar-refractivity contribution is 0.0568. The number of aromatic nitrogens is 2. The number of benzene rings is 1. The van der Waals surface area contributed by atoms with Crippen LogP contribution in [0.2, 0.25) is 0 Å². The molecule has 0 radical (unpaired) electrons. The van der Waals surface area contributed by atoms with Crippen LogP contribution in [0.3, 0.4) is 0 Å². The molecular formula is C13H12BrN3O2. The van der Waals surface area contributed by atoms with Crippen LogP contribution in [0, 0.1) is 6.92 Å². The zero-order valence-corrected chi connectivity index (χ0v) is 11.9. The molecule has 0 bridgehead atoms. The van der Waals surface area contributed by atoms with Crippen molar-refractivity contribution in [1.82, 2.24) is 15.0 Å². The number of hydrogen-bond acceptors (Lipinski definition) is 4. The molecule has 0 atom stereocenters. The Labute approximate surface area is 118 Å². The zero-order chi connectivity index (χ0) is 13.4. The second-order valence-electron chi connectivity index (χ2n) is 4.57. The Morgan fingerprint density at radius 1 is 1.42 bits per heavy atom. The largest absolute Gasteiger partial charge is 0.339 e. The Hall–Kier alpha value is -1.69. The first kappa shape index (κ1) is 12.3. The van der Waals surface area contributed by atoms with E-state index in [1.54, 1.807) is 11.8 Å². The molecule has 1 amide bonds. The summed E-state index contributed by atoms with van der Waals surface area (Å²) in [6.07, 6.45) is 0. The lowest BCUT2D eigenvalue weighted by atomic mass is 9.99. The van der Waals surface area contributed by atoms with E-state index in [-0.39, 0.29) is 11.8 Å². The first-order chi connectivity index (χ1) is 9.15. The molecule has 0 aliphatic carbocycles. The van der Waals surface area contributed by atoms with Gasteiger partial charge in [0.15, 0.2) is 5.82 Å². The third kappa shape index (κ3) is 2.28. The van der Waals surface area contributed by atoms with Gasteiger partial charge in [-0.25, -0.2) is 0 Å². The summed E-state index contributed by atoms with van der Waals surface area (Å²) in [5.41, 5.74) is 0.683. The molecule has 2 heterocycles. The molecule has 0 unspecified atom stereocenters. The summed E-state index contributed by atoms with van der Waals surface area (Å²) in [6.45, 7) is 3.04. The van der Waals surface area contributed by atoms with E-state index in [9.17, 15) is 4.79 Å². The van der Waals surface area contributed by atoms with Crippen LogP contribution >= 0.6 is 15.9 Å². The Kier molecular flexibility index (Phi) is 3.10. The number of nitrogens with zero attached hydrogens (tertiary/aromatic N) is 3. The van der Waals surface area contributed by atoms with Gasteiger partial charge in [0.05, 0.1) is 11.5 Å². The lowest BCUT2D eigenvalue weighted by Gasteiger charge is -2.37. The summed E-state index contributed by atoms with van der Waals surface area (Å²) >= 11 is 3.39. The van der Waals surface area contributed by atoms with Crippen LogP contribution in [-0.4, -0.2) is 34.0 Å². The maximum Gasteiger partial charge on any atom is 0.255 e. The molecule has 1 aliphatic rings. The molecular weight excluding hydrogens is 310 g/mol. The average Bonchev–Trinajstić information content (AvgIpc) is 2.74. The smallest absolute Gasteiger partial charge is 0.255 e. The van der Waals surface area contributed by atoms with Crippen LogP contribution in [0.15, 0.2) is 33.3 Å². The summed E-state index contributed by atoms with van der Waals surface area (Å²) in [4.78, 5) is 18.2. The van der Waals surface area contributed by atoms with Gasteiger partial charge in [0, 0.05) is 17.6 Å². The summed E-state index contributed by atoms with van der Waals surface area (Å²) < 4.78 is 5.93. The summed E-state index contributed by atoms with van der Waals surface area (Å²) in [5, 5.41) is 3.76. The van der Waals surface area contributed by atoms with Gasteiger partial charge in [-0.15, -0.1) is 0 Å². The molecule has 0 N–H and O–H groups in total. The highest BCUT2D eigenvalue weighted by molar-refractivity contribution is 9.10. The van der Waals surface area contributed by atoms with E-state index >= 15 is 0 Å². The molecule has 5 nitrogen and oxygen atoms in total. The second kappa shape index (κ2) is 4.77. The van der Waals surface area contributed by atoms with Gasteiger partial charge < -0.3 is 9.42 Å². The van der Waals surface area contributed by atoms with Crippen molar-refractivity contribution in [3.05, 3.63) is 46.0 Å². The molecule has 0 saturated carbocycles. The maximum absolute atomic E-state index is 12.3. The summed E-state index contributed by atoms with van der Waals surface area (Å²) in [5.74, 6) is 1.44. The zero-order valence-electron chi connectivity index (χ0n) is 10.3. The molecule has 98 valence electrons. The molecule has 1 aromatic heterocycles. The minimum Gasteiger partial charge on any atom is -0.339 e. The van der Waals surface area contributed by atoms with Crippen molar-refractivity contribution >= 4 is 21.8 Å². The first-order valence-electron chi connectivity index (χ1n) is 5.99. The van der Waals surface area contributed by atoms with Crippen molar-refractivity contribution in [2.45, 2.75) is 12.8 Å². The highest BCUT2D eigenvalue weighted by atomic mass is 79.9. The van der Waals surface area contributed by atoms with Gasteiger partial charge in [0.2, 0.25) is 5.89 Å². The molecule has 1 fully saturated rings. The van der Waals surface area contributed by atoms with Gasteiger partial charge in [-0.3, -0.25) is 4.79 Å². The highest BCUT2D eigenvalue weighted by Gasteiger charge is 2.36. The van der Waals surface area contributed by atoms with Crippen LogP contribution in [0.5, 0.6) is 0 Å². The maximum atomic E-state index is 12.3. The van der Waals surface area contributed by atoms with E-state index in [0.717, 1.165) is 4.47 Å². The van der Waals surface area contributed by atoms with Crippen LogP contribution in [0.1, 0.15) is 28.0 Å². The number of aryl methyl sites for hydroxylation is 1. The van der Waals surface area contributed by atoms with Gasteiger partial charge >= 0.3 is 0 Å². The average molecular weight is 322 g/mol. The fraction of sp³-hybridized carbons (Fsp3) is 0.308. The fourth-order valence-corrected chi connectivity index (χ4v) is 2.54. The molecule has 6 heteroatoms. The van der Waals surface area contributed by atoms with E-state index in [2.05, 4.69) is 26.1 Å². The third-order valence-corrected chi connectivity index (χ3v) is 3.86. The van der Waals surface area contributed by atoms with Crippen molar-refractivity contribution in [2.24, 2.45) is 0 Å².